The van der Waals surface area contributed by atoms with Gasteiger partial charge >= 0.3 is 0 Å². The van der Waals surface area contributed by atoms with Crippen molar-refractivity contribution in [3.63, 3.8) is 0 Å². The number of methoxy groups -OCH3 is 1. The van der Waals surface area contributed by atoms with Crippen molar-refractivity contribution in [3.8, 4) is 5.75 Å². The topological polar surface area (TPSA) is 63.2 Å². The van der Waals surface area contributed by atoms with Crippen LogP contribution in [0.5, 0.6) is 5.75 Å². The highest BCUT2D eigenvalue weighted by Crippen LogP contribution is 2.32. The summed E-state index contributed by atoms with van der Waals surface area (Å²) in [5.41, 5.74) is 1.05. The number of aryl methyl sites for hydroxylation is 1. The second-order valence-electron chi connectivity index (χ2n) is 4.64. The van der Waals surface area contributed by atoms with E-state index in [0.29, 0.717) is 10.8 Å². The van der Waals surface area contributed by atoms with Gasteiger partial charge in [0, 0.05) is 8.59 Å². The molecule has 0 spiro atoms. The molecule has 2 rings (SSSR count). The van der Waals surface area contributed by atoms with Crippen LogP contribution < -0.4 is 15.4 Å². The van der Waals surface area contributed by atoms with E-state index in [1.165, 1.54) is 19.2 Å². The van der Waals surface area contributed by atoms with E-state index >= 15 is 0 Å². The first-order chi connectivity index (χ1) is 11.3. The molecule has 24 heavy (non-hydrogen) atoms. The summed E-state index contributed by atoms with van der Waals surface area (Å²) in [5.74, 6) is 0.273. The molecule has 126 valence electrons. The van der Waals surface area contributed by atoms with Gasteiger partial charge in [0.1, 0.15) is 11.6 Å². The number of rotatable bonds is 3. The van der Waals surface area contributed by atoms with Gasteiger partial charge in [-0.1, -0.05) is 23.2 Å². The second kappa shape index (κ2) is 8.28. The summed E-state index contributed by atoms with van der Waals surface area (Å²) in [5, 5.41) is 6.07. The molecule has 2 aromatic rings. The predicted octanol–water partition coefficient (Wildman–Crippen LogP) is 4.44. The van der Waals surface area contributed by atoms with E-state index in [2.05, 4.69) is 38.2 Å². The maximum absolute atomic E-state index is 12.4. The van der Waals surface area contributed by atoms with E-state index in [4.69, 9.17) is 40.2 Å². The van der Waals surface area contributed by atoms with E-state index in [9.17, 15) is 4.79 Å². The first-order valence-electron chi connectivity index (χ1n) is 6.60. The minimum Gasteiger partial charge on any atom is -0.494 e. The molecule has 1 aromatic carbocycles. The number of hydrogen-bond donors (Lipinski definition) is 2. The van der Waals surface area contributed by atoms with Crippen LogP contribution in [0.2, 0.25) is 10.0 Å². The quantitative estimate of drug-likeness (QED) is 0.487. The van der Waals surface area contributed by atoms with E-state index < -0.39 is 5.91 Å². The van der Waals surface area contributed by atoms with Gasteiger partial charge in [-0.2, -0.15) is 0 Å². The molecule has 0 saturated carbocycles. The van der Waals surface area contributed by atoms with Gasteiger partial charge in [0.25, 0.3) is 5.91 Å². The molecule has 0 atom stereocenters. The van der Waals surface area contributed by atoms with Crippen LogP contribution >= 0.6 is 58.0 Å². The summed E-state index contributed by atoms with van der Waals surface area (Å²) in [6, 6.07) is 6.62. The maximum atomic E-state index is 12.4. The lowest BCUT2D eigenvalue weighted by molar-refractivity contribution is 0.0975. The monoisotopic (exact) mass is 495 g/mol. The molecule has 0 saturated heterocycles. The Morgan fingerprint density at radius 1 is 1.33 bits per heavy atom. The van der Waals surface area contributed by atoms with Crippen molar-refractivity contribution in [2.75, 3.05) is 12.4 Å². The number of carbonyl (C=O) groups is 1. The molecule has 5 nitrogen and oxygen atoms in total. The van der Waals surface area contributed by atoms with Crippen LogP contribution in [0.25, 0.3) is 0 Å². The number of nitrogens with zero attached hydrogens (tertiary/aromatic N) is 1. The second-order valence-corrected chi connectivity index (χ2v) is 7.05. The highest BCUT2D eigenvalue weighted by atomic mass is 127. The zero-order chi connectivity index (χ0) is 17.9. The highest BCUT2D eigenvalue weighted by molar-refractivity contribution is 14.1. The summed E-state index contributed by atoms with van der Waals surface area (Å²) in [6.45, 7) is 1.88. The minimum atomic E-state index is -0.490. The van der Waals surface area contributed by atoms with Crippen molar-refractivity contribution in [1.82, 2.24) is 10.3 Å². The van der Waals surface area contributed by atoms with Crippen molar-refractivity contribution in [3.05, 3.63) is 49.1 Å². The highest BCUT2D eigenvalue weighted by Gasteiger charge is 2.18. The van der Waals surface area contributed by atoms with Gasteiger partial charge in [0.2, 0.25) is 0 Å². The summed E-state index contributed by atoms with van der Waals surface area (Å²) in [7, 11) is 1.42. The number of amides is 1. The normalized spacial score (nSPS) is 10.2. The molecular formula is C15H12Cl2IN3O2S. The molecule has 0 aliphatic heterocycles. The van der Waals surface area contributed by atoms with E-state index in [1.54, 1.807) is 6.07 Å². The number of benzene rings is 1. The number of nitrogens with one attached hydrogen (secondary N) is 2. The predicted molar refractivity (Wildman–Crippen MR) is 108 cm³/mol. The molecule has 2 N–H and O–H groups in total. The molecule has 0 bridgehead atoms. The van der Waals surface area contributed by atoms with Gasteiger partial charge in [-0.05, 0) is 66.0 Å². The number of anilines is 1. The van der Waals surface area contributed by atoms with Crippen LogP contribution in [0.3, 0.4) is 0 Å². The van der Waals surface area contributed by atoms with Gasteiger partial charge in [-0.25, -0.2) is 4.98 Å². The van der Waals surface area contributed by atoms with Crippen LogP contribution in [-0.2, 0) is 0 Å². The zero-order valence-electron chi connectivity index (χ0n) is 12.6. The molecule has 1 aromatic heterocycles. The molecule has 9 heteroatoms. The Hall–Kier alpha value is -1.16. The zero-order valence-corrected chi connectivity index (χ0v) is 17.1. The fourth-order valence-corrected chi connectivity index (χ4v) is 2.94. The van der Waals surface area contributed by atoms with Crippen molar-refractivity contribution >= 4 is 74.8 Å². The Kier molecular flexibility index (Phi) is 6.62. The largest absolute Gasteiger partial charge is 0.494 e. The Morgan fingerprint density at radius 3 is 2.67 bits per heavy atom. The molecule has 1 heterocycles. The summed E-state index contributed by atoms with van der Waals surface area (Å²) in [4.78, 5) is 16.7. The Labute approximate surface area is 168 Å². The molecule has 0 aliphatic carbocycles. The standard InChI is InChI=1S/C15H12Cl2IN3O2S/c1-7-11(18)3-4-12(19-7)20-15(24)21-14(22)9-5-8(16)6-10(17)13(9)23-2/h3-6H,1-2H3,(H2,19,20,21,22,24). The third kappa shape index (κ3) is 4.69. The third-order valence-corrected chi connectivity index (χ3v) is 4.79. The molecule has 0 unspecified atom stereocenters. The lowest BCUT2D eigenvalue weighted by Gasteiger charge is -2.13. The van der Waals surface area contributed by atoms with Gasteiger partial charge in [0.05, 0.1) is 23.4 Å². The smallest absolute Gasteiger partial charge is 0.261 e. The first-order valence-corrected chi connectivity index (χ1v) is 8.84. The average molecular weight is 496 g/mol. The maximum Gasteiger partial charge on any atom is 0.261 e. The lowest BCUT2D eigenvalue weighted by Crippen LogP contribution is -2.34. The Bertz CT molecular complexity index is 818. The number of carbonyl (C=O) groups excluding carboxylic acids is 1. The van der Waals surface area contributed by atoms with E-state index in [0.717, 1.165) is 9.26 Å². The third-order valence-electron chi connectivity index (χ3n) is 2.95. The number of ether oxygens (including phenoxy) is 1. The SMILES string of the molecule is COc1c(Cl)cc(Cl)cc1C(=O)NC(=S)Nc1ccc(I)c(C)n1. The van der Waals surface area contributed by atoms with E-state index in [1.807, 2.05) is 13.0 Å². The first kappa shape index (κ1) is 19.2. The Balaban J connectivity index is 2.14. The van der Waals surface area contributed by atoms with Gasteiger partial charge in [-0.3, -0.25) is 10.1 Å². The number of pyridine rings is 1. The lowest BCUT2D eigenvalue weighted by atomic mass is 10.2. The van der Waals surface area contributed by atoms with Crippen LogP contribution in [0, 0.1) is 10.5 Å². The van der Waals surface area contributed by atoms with Crippen LogP contribution in [0.15, 0.2) is 24.3 Å². The summed E-state index contributed by atoms with van der Waals surface area (Å²) >= 11 is 19.3. The van der Waals surface area contributed by atoms with Crippen molar-refractivity contribution in [2.45, 2.75) is 6.92 Å². The fourth-order valence-electron chi connectivity index (χ4n) is 1.87. The molecule has 1 amide bonds. The number of halogens is 3. The van der Waals surface area contributed by atoms with Gasteiger partial charge in [-0.15, -0.1) is 0 Å². The van der Waals surface area contributed by atoms with Crippen molar-refractivity contribution in [2.24, 2.45) is 0 Å². The molecule has 0 radical (unpaired) electrons. The average Bonchev–Trinajstić information content (AvgIpc) is 2.50. The Morgan fingerprint density at radius 2 is 2.04 bits per heavy atom. The number of thiocarbonyl (C=S) groups is 1. The minimum absolute atomic E-state index is 0.103. The number of hydrogen-bond acceptors (Lipinski definition) is 4. The van der Waals surface area contributed by atoms with E-state index in [-0.39, 0.29) is 21.4 Å². The van der Waals surface area contributed by atoms with Gasteiger partial charge in [0.15, 0.2) is 5.11 Å². The van der Waals surface area contributed by atoms with Crippen LogP contribution in [-0.4, -0.2) is 23.1 Å². The van der Waals surface area contributed by atoms with Crippen LogP contribution in [0.1, 0.15) is 16.1 Å². The summed E-state index contributed by atoms with van der Waals surface area (Å²) < 4.78 is 6.19. The van der Waals surface area contributed by atoms with Crippen LogP contribution in [0.4, 0.5) is 5.82 Å². The molecule has 0 aliphatic rings. The summed E-state index contributed by atoms with van der Waals surface area (Å²) in [6.07, 6.45) is 0. The van der Waals surface area contributed by atoms with Crippen molar-refractivity contribution in [1.29, 1.82) is 0 Å². The molecular weight excluding hydrogens is 484 g/mol. The van der Waals surface area contributed by atoms with Gasteiger partial charge < -0.3 is 10.1 Å². The molecule has 0 fully saturated rings. The van der Waals surface area contributed by atoms with Crippen molar-refractivity contribution < 1.29 is 9.53 Å². The number of aromatic nitrogens is 1. The fraction of sp³-hybridized carbons (Fsp3) is 0.133.